The summed E-state index contributed by atoms with van der Waals surface area (Å²) in [6.45, 7) is 1.91. The summed E-state index contributed by atoms with van der Waals surface area (Å²) in [7, 11) is 2.09. The van der Waals surface area contributed by atoms with Crippen LogP contribution in [0.2, 0.25) is 0 Å². The zero-order valence-electron chi connectivity index (χ0n) is 22.4. The van der Waals surface area contributed by atoms with E-state index < -0.39 is 0 Å². The number of carbonyl (C=O) groups is 2. The highest BCUT2D eigenvalue weighted by atomic mass is 32.1. The molecule has 6 rings (SSSR count). The fraction of sp³-hybridized carbons (Fsp3) is 0.321. The van der Waals surface area contributed by atoms with Crippen molar-refractivity contribution in [3.63, 3.8) is 0 Å². The van der Waals surface area contributed by atoms with Gasteiger partial charge in [-0.3, -0.25) is 19.8 Å². The van der Waals surface area contributed by atoms with Crippen LogP contribution in [0.5, 0.6) is 0 Å². The third kappa shape index (κ3) is 5.52. The zero-order valence-corrected chi connectivity index (χ0v) is 23.2. The maximum Gasteiger partial charge on any atom is 0.257 e. The molecule has 1 aromatic carbocycles. The Morgan fingerprint density at radius 3 is 2.76 bits per heavy atom. The summed E-state index contributed by atoms with van der Waals surface area (Å²) in [5, 5.41) is 17.6. The lowest BCUT2D eigenvalue weighted by atomic mass is 10.1. The molecule has 208 valence electrons. The average Bonchev–Trinajstić information content (AvgIpc) is 3.36. The van der Waals surface area contributed by atoms with Crippen LogP contribution in [-0.2, 0) is 4.79 Å². The van der Waals surface area contributed by atoms with Crippen molar-refractivity contribution in [1.29, 1.82) is 5.26 Å². The van der Waals surface area contributed by atoms with Gasteiger partial charge in [-0.1, -0.05) is 29.5 Å². The van der Waals surface area contributed by atoms with Crippen LogP contribution in [-0.4, -0.2) is 79.1 Å². The second-order valence-electron chi connectivity index (χ2n) is 10.2. The second kappa shape index (κ2) is 11.1. The van der Waals surface area contributed by atoms with Crippen LogP contribution >= 0.6 is 11.3 Å². The second-order valence-corrected chi connectivity index (χ2v) is 11.3. The van der Waals surface area contributed by atoms with Crippen LogP contribution in [0.1, 0.15) is 40.5 Å². The van der Waals surface area contributed by atoms with Crippen molar-refractivity contribution < 1.29 is 9.59 Å². The molecular weight excluding hydrogens is 540 g/mol. The SMILES string of the molecule is CN(C/C=C/C(=O)N1CC[C@@H](n2nc(-c3ccc(C(=O)Nc4ncc(C#N)s4)cc3)c3c(N)ncnc32)C1)C1CC1. The number of benzene rings is 1. The molecule has 12 nitrogen and oxygen atoms in total. The van der Waals surface area contributed by atoms with Crippen molar-refractivity contribution in [3.8, 4) is 17.3 Å². The summed E-state index contributed by atoms with van der Waals surface area (Å²) >= 11 is 1.11. The van der Waals surface area contributed by atoms with Crippen molar-refractivity contribution in [2.75, 3.05) is 37.7 Å². The molecule has 4 heterocycles. The predicted octanol–water partition coefficient (Wildman–Crippen LogP) is 3.08. The van der Waals surface area contributed by atoms with E-state index in [1.807, 2.05) is 21.7 Å². The molecule has 1 aliphatic carbocycles. The normalized spacial score (nSPS) is 17.0. The fourth-order valence-electron chi connectivity index (χ4n) is 5.02. The molecule has 2 aliphatic rings. The van der Waals surface area contributed by atoms with Crippen LogP contribution in [0.4, 0.5) is 10.9 Å². The highest BCUT2D eigenvalue weighted by Crippen LogP contribution is 2.34. The summed E-state index contributed by atoms with van der Waals surface area (Å²) in [5.41, 5.74) is 8.68. The van der Waals surface area contributed by atoms with Crippen molar-refractivity contribution in [2.45, 2.75) is 31.3 Å². The lowest BCUT2D eigenvalue weighted by Crippen LogP contribution is -2.28. The van der Waals surface area contributed by atoms with Gasteiger partial charge < -0.3 is 10.6 Å². The number of nitrogens with two attached hydrogens (primary N) is 1. The molecule has 3 N–H and O–H groups in total. The Labute approximate surface area is 240 Å². The van der Waals surface area contributed by atoms with Gasteiger partial charge in [-0.25, -0.2) is 19.6 Å². The van der Waals surface area contributed by atoms with E-state index in [0.29, 0.717) is 57.2 Å². The van der Waals surface area contributed by atoms with Gasteiger partial charge in [0.25, 0.3) is 5.91 Å². The number of nitrogen functional groups attached to an aromatic ring is 1. The molecule has 1 saturated carbocycles. The van der Waals surface area contributed by atoms with Gasteiger partial charge >= 0.3 is 0 Å². The topological polar surface area (TPSA) is 159 Å². The largest absolute Gasteiger partial charge is 0.383 e. The molecule has 3 aromatic heterocycles. The number of anilines is 2. The molecule has 0 unspecified atom stereocenters. The fourth-order valence-corrected chi connectivity index (χ4v) is 5.62. The van der Waals surface area contributed by atoms with Gasteiger partial charge in [-0.15, -0.1) is 0 Å². The molecule has 1 aliphatic heterocycles. The maximum absolute atomic E-state index is 12.8. The number of nitriles is 1. The van der Waals surface area contributed by atoms with Crippen LogP contribution in [0.3, 0.4) is 0 Å². The lowest BCUT2D eigenvalue weighted by Gasteiger charge is -2.16. The van der Waals surface area contributed by atoms with Crippen LogP contribution in [0, 0.1) is 11.3 Å². The number of hydrogen-bond acceptors (Lipinski definition) is 10. The van der Waals surface area contributed by atoms with E-state index in [4.69, 9.17) is 16.1 Å². The van der Waals surface area contributed by atoms with Gasteiger partial charge in [0.05, 0.1) is 17.6 Å². The third-order valence-electron chi connectivity index (χ3n) is 7.42. The number of carbonyl (C=O) groups excluding carboxylic acids is 2. The highest BCUT2D eigenvalue weighted by molar-refractivity contribution is 7.16. The molecule has 13 heteroatoms. The summed E-state index contributed by atoms with van der Waals surface area (Å²) in [6, 6.07) is 9.57. The Balaban J connectivity index is 1.20. The molecule has 2 amide bonds. The van der Waals surface area contributed by atoms with Gasteiger partial charge in [-0.05, 0) is 38.4 Å². The molecule has 0 radical (unpaired) electrons. The first-order chi connectivity index (χ1) is 19.9. The van der Waals surface area contributed by atoms with Crippen molar-refractivity contribution in [1.82, 2.24) is 34.5 Å². The Kier molecular flexibility index (Phi) is 7.17. The number of nitrogens with zero attached hydrogens (tertiary/aromatic N) is 8. The van der Waals surface area contributed by atoms with E-state index in [1.165, 1.54) is 25.4 Å². The average molecular weight is 569 g/mol. The summed E-state index contributed by atoms with van der Waals surface area (Å²) in [4.78, 5) is 42.8. The minimum absolute atomic E-state index is 0.00187. The molecule has 0 bridgehead atoms. The Bertz CT molecular complexity index is 1680. The number of aromatic nitrogens is 5. The number of hydrogen-bond donors (Lipinski definition) is 2. The number of amides is 2. The molecule has 1 saturated heterocycles. The smallest absolute Gasteiger partial charge is 0.257 e. The Morgan fingerprint density at radius 1 is 1.22 bits per heavy atom. The maximum atomic E-state index is 12.8. The summed E-state index contributed by atoms with van der Waals surface area (Å²) < 4.78 is 1.84. The molecular formula is C28H28N10O2S. The number of rotatable bonds is 8. The minimum Gasteiger partial charge on any atom is -0.383 e. The van der Waals surface area contributed by atoms with Crippen molar-refractivity contribution in [3.05, 3.63) is 59.4 Å². The minimum atomic E-state index is -0.336. The van der Waals surface area contributed by atoms with Gasteiger partial charge in [0.15, 0.2) is 10.8 Å². The standard InChI is InChI=1S/C28H28N10O2S/c1-36(19-8-9-19)11-2-3-22(39)37-12-10-20(15-37)38-26-23(25(30)32-16-33-26)24(35-38)17-4-6-18(7-5-17)27(40)34-28-31-14-21(13-29)41-28/h2-7,14,16,19-20H,8-12,15H2,1H3,(H2,30,32,33)(H,31,34,40)/b3-2+/t20-/m1/s1. The number of likely N-dealkylation sites (N-methyl/N-ethyl adjacent to an activating group) is 1. The number of likely N-dealkylation sites (tertiary alicyclic amines) is 1. The Morgan fingerprint density at radius 2 is 2.02 bits per heavy atom. The van der Waals surface area contributed by atoms with E-state index in [-0.39, 0.29) is 17.9 Å². The molecule has 2 fully saturated rings. The van der Waals surface area contributed by atoms with Gasteiger partial charge in [-0.2, -0.15) is 10.4 Å². The first kappa shape index (κ1) is 26.5. The van der Waals surface area contributed by atoms with Gasteiger partial charge in [0.2, 0.25) is 5.91 Å². The Hall–Kier alpha value is -4.67. The van der Waals surface area contributed by atoms with E-state index in [1.54, 1.807) is 30.3 Å². The molecule has 0 spiro atoms. The van der Waals surface area contributed by atoms with Gasteiger partial charge in [0, 0.05) is 42.9 Å². The van der Waals surface area contributed by atoms with E-state index in [2.05, 4.69) is 32.2 Å². The molecule has 1 atom stereocenters. The predicted molar refractivity (Wildman–Crippen MR) is 155 cm³/mol. The first-order valence-electron chi connectivity index (χ1n) is 13.3. The zero-order chi connectivity index (χ0) is 28.5. The lowest BCUT2D eigenvalue weighted by molar-refractivity contribution is -0.125. The van der Waals surface area contributed by atoms with Crippen LogP contribution < -0.4 is 11.1 Å². The van der Waals surface area contributed by atoms with E-state index in [0.717, 1.165) is 29.9 Å². The summed E-state index contributed by atoms with van der Waals surface area (Å²) in [6.07, 6.45) is 9.65. The molecule has 4 aromatic rings. The molecule has 41 heavy (non-hydrogen) atoms. The quantitative estimate of drug-likeness (QED) is 0.305. The number of thiazole rings is 1. The third-order valence-corrected chi connectivity index (χ3v) is 8.24. The highest BCUT2D eigenvalue weighted by Gasteiger charge is 2.30. The van der Waals surface area contributed by atoms with Crippen molar-refractivity contribution >= 4 is 45.1 Å². The van der Waals surface area contributed by atoms with E-state index in [9.17, 15) is 9.59 Å². The first-order valence-corrected chi connectivity index (χ1v) is 14.1. The monoisotopic (exact) mass is 568 g/mol. The van der Waals surface area contributed by atoms with Crippen LogP contribution in [0.25, 0.3) is 22.3 Å². The van der Waals surface area contributed by atoms with E-state index >= 15 is 0 Å². The number of nitrogens with one attached hydrogen (secondary N) is 1. The van der Waals surface area contributed by atoms with Gasteiger partial charge in [0.1, 0.15) is 28.8 Å². The summed E-state index contributed by atoms with van der Waals surface area (Å²) in [5.74, 6) is -0.0284. The van der Waals surface area contributed by atoms with Crippen molar-refractivity contribution in [2.24, 2.45) is 0 Å². The van der Waals surface area contributed by atoms with Crippen LogP contribution in [0.15, 0.2) is 48.9 Å². The number of fused-ring (bicyclic) bond motifs is 1.